The Balaban J connectivity index is 1.64. The molecule has 0 spiro atoms. The highest BCUT2D eigenvalue weighted by Gasteiger charge is 2.36. The summed E-state index contributed by atoms with van der Waals surface area (Å²) in [4.78, 5) is 54.7. The fourth-order valence-electron chi connectivity index (χ4n) is 4.02. The fraction of sp³-hybridized carbons (Fsp3) is 0.360. The lowest BCUT2D eigenvalue weighted by Gasteiger charge is -2.26. The Labute approximate surface area is 219 Å². The average molecular weight is 526 g/mol. The number of hydrogen-bond acceptors (Lipinski definition) is 7. The van der Waals surface area contributed by atoms with Crippen LogP contribution < -0.4 is 26.8 Å². The van der Waals surface area contributed by atoms with Crippen molar-refractivity contribution < 1.29 is 24.0 Å². The molecule has 2 atom stereocenters. The molecule has 0 radical (unpaired) electrons. The molecule has 1 saturated heterocycles. The Hall–Kier alpha value is -4.68. The molecule has 0 saturated carbocycles. The minimum absolute atomic E-state index is 0.0845. The number of likely N-dealkylation sites (tertiary alicyclic amines) is 1. The SMILES string of the molecule is NC(N)=NCCC[C@H](NC(=O)[C@@H]1CCCN1C(=O)COc1ccccc1)C(=O)Nc1ccc([N+](=O)[O-])cc1. The van der Waals surface area contributed by atoms with Gasteiger partial charge in [0, 0.05) is 30.9 Å². The lowest BCUT2D eigenvalue weighted by atomic mass is 10.1. The Bertz CT molecular complexity index is 1150. The van der Waals surface area contributed by atoms with E-state index in [2.05, 4.69) is 15.6 Å². The van der Waals surface area contributed by atoms with E-state index in [-0.39, 0.29) is 37.1 Å². The van der Waals surface area contributed by atoms with E-state index in [9.17, 15) is 24.5 Å². The molecule has 1 aliphatic rings. The van der Waals surface area contributed by atoms with Crippen LogP contribution in [0.3, 0.4) is 0 Å². The van der Waals surface area contributed by atoms with Gasteiger partial charge in [0.15, 0.2) is 12.6 Å². The smallest absolute Gasteiger partial charge is 0.269 e. The summed E-state index contributed by atoms with van der Waals surface area (Å²) in [6, 6.07) is 12.5. The second kappa shape index (κ2) is 13.6. The maximum atomic E-state index is 13.2. The number of benzene rings is 2. The van der Waals surface area contributed by atoms with Crippen LogP contribution in [0, 0.1) is 10.1 Å². The molecule has 6 N–H and O–H groups in total. The Morgan fingerprint density at radius 1 is 1.13 bits per heavy atom. The largest absolute Gasteiger partial charge is 0.484 e. The number of nitro groups is 1. The lowest BCUT2D eigenvalue weighted by molar-refractivity contribution is -0.384. The number of rotatable bonds is 12. The van der Waals surface area contributed by atoms with E-state index >= 15 is 0 Å². The number of non-ortho nitro benzene ring substituents is 1. The maximum Gasteiger partial charge on any atom is 0.269 e. The number of carbonyl (C=O) groups excluding carboxylic acids is 3. The molecule has 13 nitrogen and oxygen atoms in total. The normalized spacial score (nSPS) is 15.3. The van der Waals surface area contributed by atoms with Crippen LogP contribution >= 0.6 is 0 Å². The average Bonchev–Trinajstić information content (AvgIpc) is 3.40. The molecule has 3 amide bonds. The Morgan fingerprint density at radius 3 is 2.50 bits per heavy atom. The molecule has 0 bridgehead atoms. The number of aliphatic imine (C=N–C) groups is 1. The molecule has 0 aliphatic carbocycles. The van der Waals surface area contributed by atoms with Crippen LogP contribution in [0.4, 0.5) is 11.4 Å². The summed E-state index contributed by atoms with van der Waals surface area (Å²) in [5, 5.41) is 16.3. The molecule has 13 heteroatoms. The number of nitrogens with zero attached hydrogens (tertiary/aromatic N) is 3. The third-order valence-corrected chi connectivity index (χ3v) is 5.91. The molecule has 1 fully saturated rings. The number of guanidine groups is 1. The van der Waals surface area contributed by atoms with E-state index in [0.29, 0.717) is 37.2 Å². The molecule has 202 valence electrons. The van der Waals surface area contributed by atoms with Gasteiger partial charge in [0.1, 0.15) is 17.8 Å². The summed E-state index contributed by atoms with van der Waals surface area (Å²) in [6.07, 6.45) is 1.71. The van der Waals surface area contributed by atoms with E-state index < -0.39 is 28.8 Å². The van der Waals surface area contributed by atoms with Crippen molar-refractivity contribution in [3.8, 4) is 5.75 Å². The van der Waals surface area contributed by atoms with Gasteiger partial charge in [-0.15, -0.1) is 0 Å². The first kappa shape index (κ1) is 27.9. The standard InChI is InChI=1S/C25H31N7O6/c26-25(27)28-14-4-8-20(23(34)29-17-10-12-18(13-11-17)32(36)37)30-24(35)21-9-5-15-31(21)22(33)16-38-19-6-2-1-3-7-19/h1-3,6-7,10-13,20-21H,4-5,8-9,14-16H2,(H,29,34)(H,30,35)(H4,26,27,28)/t20-,21-/m0/s1. The monoisotopic (exact) mass is 525 g/mol. The zero-order valence-electron chi connectivity index (χ0n) is 20.7. The van der Waals surface area contributed by atoms with Gasteiger partial charge in [0.25, 0.3) is 11.6 Å². The zero-order chi connectivity index (χ0) is 27.5. The number of nitrogens with one attached hydrogen (secondary N) is 2. The summed E-state index contributed by atoms with van der Waals surface area (Å²) in [6.45, 7) is 0.444. The molecular formula is C25H31N7O6. The second-order valence-electron chi connectivity index (χ2n) is 8.65. The molecule has 1 aliphatic heterocycles. The number of amides is 3. The van der Waals surface area contributed by atoms with E-state index in [1.54, 1.807) is 24.3 Å². The van der Waals surface area contributed by atoms with E-state index in [1.165, 1.54) is 29.2 Å². The van der Waals surface area contributed by atoms with Gasteiger partial charge in [0.2, 0.25) is 11.8 Å². The van der Waals surface area contributed by atoms with Crippen LogP contribution in [0.5, 0.6) is 5.75 Å². The maximum absolute atomic E-state index is 13.2. The summed E-state index contributed by atoms with van der Waals surface area (Å²) in [7, 11) is 0. The fourth-order valence-corrected chi connectivity index (χ4v) is 4.02. The molecule has 1 heterocycles. The third kappa shape index (κ3) is 8.18. The van der Waals surface area contributed by atoms with Gasteiger partial charge in [-0.05, 0) is 49.9 Å². The summed E-state index contributed by atoms with van der Waals surface area (Å²) in [5.74, 6) is -0.837. The van der Waals surface area contributed by atoms with Crippen LogP contribution in [0.2, 0.25) is 0 Å². The first-order valence-corrected chi connectivity index (χ1v) is 12.1. The van der Waals surface area contributed by atoms with Gasteiger partial charge in [0.05, 0.1) is 4.92 Å². The van der Waals surface area contributed by atoms with Crippen molar-refractivity contribution in [2.75, 3.05) is 25.0 Å². The zero-order valence-corrected chi connectivity index (χ0v) is 20.7. The molecule has 38 heavy (non-hydrogen) atoms. The Morgan fingerprint density at radius 2 is 1.84 bits per heavy atom. The first-order chi connectivity index (χ1) is 18.2. The van der Waals surface area contributed by atoms with Gasteiger partial charge in [-0.3, -0.25) is 29.5 Å². The van der Waals surface area contributed by atoms with Gasteiger partial charge in [-0.1, -0.05) is 18.2 Å². The van der Waals surface area contributed by atoms with E-state index in [1.807, 2.05) is 6.07 Å². The number of nitro benzene ring substituents is 1. The molecule has 0 unspecified atom stereocenters. The van der Waals surface area contributed by atoms with Gasteiger partial charge in [-0.2, -0.15) is 0 Å². The van der Waals surface area contributed by atoms with Crippen LogP contribution in [0.1, 0.15) is 25.7 Å². The van der Waals surface area contributed by atoms with Crippen molar-refractivity contribution in [3.63, 3.8) is 0 Å². The number of nitrogens with two attached hydrogens (primary N) is 2. The summed E-state index contributed by atoms with van der Waals surface area (Å²) >= 11 is 0. The Kier molecular flexibility index (Phi) is 9.97. The van der Waals surface area contributed by atoms with Crippen LogP contribution in [0.25, 0.3) is 0 Å². The van der Waals surface area contributed by atoms with Crippen molar-refractivity contribution in [2.45, 2.75) is 37.8 Å². The van der Waals surface area contributed by atoms with Crippen molar-refractivity contribution >= 4 is 35.1 Å². The highest BCUT2D eigenvalue weighted by molar-refractivity contribution is 5.98. The van der Waals surface area contributed by atoms with Crippen LogP contribution in [0.15, 0.2) is 59.6 Å². The number of para-hydroxylation sites is 1. The molecular weight excluding hydrogens is 494 g/mol. The van der Waals surface area contributed by atoms with Crippen molar-refractivity contribution in [1.29, 1.82) is 0 Å². The third-order valence-electron chi connectivity index (χ3n) is 5.91. The van der Waals surface area contributed by atoms with Gasteiger partial charge in [-0.25, -0.2) is 0 Å². The molecule has 2 aromatic carbocycles. The van der Waals surface area contributed by atoms with Crippen LogP contribution in [-0.2, 0) is 14.4 Å². The van der Waals surface area contributed by atoms with E-state index in [4.69, 9.17) is 16.2 Å². The first-order valence-electron chi connectivity index (χ1n) is 12.1. The highest BCUT2D eigenvalue weighted by Crippen LogP contribution is 2.20. The highest BCUT2D eigenvalue weighted by atomic mass is 16.6. The second-order valence-corrected chi connectivity index (χ2v) is 8.65. The van der Waals surface area contributed by atoms with Crippen molar-refractivity contribution in [1.82, 2.24) is 10.2 Å². The predicted octanol–water partition coefficient (Wildman–Crippen LogP) is 1.14. The van der Waals surface area contributed by atoms with Crippen molar-refractivity contribution in [3.05, 3.63) is 64.7 Å². The molecule has 3 rings (SSSR count). The number of carbonyl (C=O) groups is 3. The summed E-state index contributed by atoms with van der Waals surface area (Å²) in [5.41, 5.74) is 10.9. The number of ether oxygens (including phenoxy) is 1. The number of hydrogen-bond donors (Lipinski definition) is 4. The molecule has 0 aromatic heterocycles. The van der Waals surface area contributed by atoms with Gasteiger partial charge >= 0.3 is 0 Å². The van der Waals surface area contributed by atoms with Crippen molar-refractivity contribution in [2.24, 2.45) is 16.5 Å². The predicted molar refractivity (Wildman–Crippen MR) is 140 cm³/mol. The minimum atomic E-state index is -0.954. The minimum Gasteiger partial charge on any atom is -0.484 e. The summed E-state index contributed by atoms with van der Waals surface area (Å²) < 4.78 is 5.54. The van der Waals surface area contributed by atoms with E-state index in [0.717, 1.165) is 0 Å². The quantitative estimate of drug-likeness (QED) is 0.104. The lowest BCUT2D eigenvalue weighted by Crippen LogP contribution is -2.52. The number of anilines is 1. The van der Waals surface area contributed by atoms with Gasteiger partial charge < -0.3 is 31.7 Å². The van der Waals surface area contributed by atoms with Crippen LogP contribution in [-0.4, -0.2) is 65.3 Å². The topological polar surface area (TPSA) is 195 Å². The molecule has 2 aromatic rings.